The minimum absolute atomic E-state index is 1.22. The number of hydrogen-bond acceptors (Lipinski definition) is 3. The van der Waals surface area contributed by atoms with Gasteiger partial charge in [-0.05, 0) is 61.1 Å². The van der Waals surface area contributed by atoms with Crippen molar-refractivity contribution in [2.75, 3.05) is 17.3 Å². The maximum Gasteiger partial charge on any atom is 0.0344 e. The second-order valence-corrected chi connectivity index (χ2v) is 21.6. The summed E-state index contributed by atoms with van der Waals surface area (Å²) < 4.78 is 0. The van der Waals surface area contributed by atoms with E-state index in [1.807, 2.05) is 0 Å². The van der Waals surface area contributed by atoms with Crippen molar-refractivity contribution in [1.82, 2.24) is 0 Å². The van der Waals surface area contributed by atoms with E-state index in [9.17, 15) is 0 Å². The molecule has 0 unspecified atom stereocenters. The summed E-state index contributed by atoms with van der Waals surface area (Å²) in [5, 5.41) is 0. The summed E-state index contributed by atoms with van der Waals surface area (Å²) in [6, 6.07) is 4.83. The molecule has 1 radical (unpaired) electrons. The van der Waals surface area contributed by atoms with E-state index in [0.29, 0.717) is 0 Å². The fraction of sp³-hybridized carbons (Fsp3) is 0.873. The predicted molar refractivity (Wildman–Crippen MR) is 274 cm³/mol. The van der Waals surface area contributed by atoms with Crippen molar-refractivity contribution in [3.8, 4) is 0 Å². The largest absolute Gasteiger partial charge is 0.125 e. The van der Waals surface area contributed by atoms with Crippen molar-refractivity contribution in [1.29, 1.82) is 0 Å². The highest BCUT2D eigenvalue weighted by Crippen LogP contribution is 2.41. The molecular formula is C55H103S3. The lowest BCUT2D eigenvalue weighted by Gasteiger charge is -2.16. The maximum atomic E-state index is 4.47. The first-order chi connectivity index (χ1) is 28.7. The Morgan fingerprint density at radius 2 is 0.466 bits per heavy atom. The molecule has 0 aliphatic rings. The zero-order valence-corrected chi connectivity index (χ0v) is 42.4. The van der Waals surface area contributed by atoms with E-state index in [4.69, 9.17) is 0 Å². The van der Waals surface area contributed by atoms with E-state index in [1.165, 1.54) is 302 Å². The van der Waals surface area contributed by atoms with E-state index < -0.39 is 0 Å². The van der Waals surface area contributed by atoms with Gasteiger partial charge in [0.05, 0.1) is 0 Å². The molecule has 0 N–H and O–H groups in total. The van der Waals surface area contributed by atoms with Crippen LogP contribution in [0.4, 0.5) is 0 Å². The van der Waals surface area contributed by atoms with E-state index in [1.54, 1.807) is 4.90 Å². The molecule has 0 fully saturated rings. The minimum atomic E-state index is 1.22. The van der Waals surface area contributed by atoms with E-state index in [2.05, 4.69) is 75.1 Å². The van der Waals surface area contributed by atoms with Gasteiger partial charge in [0.25, 0.3) is 0 Å². The van der Waals surface area contributed by atoms with E-state index >= 15 is 0 Å². The molecule has 3 heteroatoms. The molecule has 0 bridgehead atoms. The first-order valence-electron chi connectivity index (χ1n) is 26.6. The molecule has 58 heavy (non-hydrogen) atoms. The van der Waals surface area contributed by atoms with E-state index in [-0.39, 0.29) is 0 Å². The van der Waals surface area contributed by atoms with Crippen LogP contribution in [-0.2, 0) is 0 Å². The molecule has 0 aliphatic carbocycles. The van der Waals surface area contributed by atoms with Gasteiger partial charge >= 0.3 is 0 Å². The van der Waals surface area contributed by atoms with Gasteiger partial charge in [-0.3, -0.25) is 0 Å². The maximum absolute atomic E-state index is 4.47. The van der Waals surface area contributed by atoms with Crippen LogP contribution in [0.2, 0.25) is 0 Å². The lowest BCUT2D eigenvalue weighted by Crippen LogP contribution is -1.92. The number of unbranched alkanes of at least 4 members (excludes halogenated alkanes) is 39. The van der Waals surface area contributed by atoms with Crippen LogP contribution in [0.15, 0.2) is 26.8 Å². The summed E-state index contributed by atoms with van der Waals surface area (Å²) in [6.45, 7) is 11.4. The van der Waals surface area contributed by atoms with Crippen LogP contribution in [0.3, 0.4) is 0 Å². The highest BCUT2D eigenvalue weighted by atomic mass is 32.2. The zero-order valence-electron chi connectivity index (χ0n) is 39.9. The molecule has 0 saturated carbocycles. The van der Waals surface area contributed by atoms with Gasteiger partial charge in [-0.25, -0.2) is 0 Å². The van der Waals surface area contributed by atoms with Crippen molar-refractivity contribution in [2.24, 2.45) is 0 Å². The van der Waals surface area contributed by atoms with Crippen LogP contribution >= 0.6 is 35.3 Å². The number of thioether (sulfide) groups is 3. The van der Waals surface area contributed by atoms with Crippen LogP contribution in [-0.4, -0.2) is 17.3 Å². The highest BCUT2D eigenvalue weighted by Gasteiger charge is 2.13. The number of benzene rings is 1. The molecule has 341 valence electrons. The van der Waals surface area contributed by atoms with Gasteiger partial charge in [-0.15, -0.1) is 35.3 Å². The summed E-state index contributed by atoms with van der Waals surface area (Å²) in [5.74, 6) is 3.79. The minimum Gasteiger partial charge on any atom is -0.125 e. The fourth-order valence-electron chi connectivity index (χ4n) is 8.42. The lowest BCUT2D eigenvalue weighted by molar-refractivity contribution is 0.538. The molecule has 0 saturated heterocycles. The molecule has 1 aromatic rings. The Labute approximate surface area is 380 Å². The molecule has 0 spiro atoms. The Kier molecular flexibility index (Phi) is 45.4. The topological polar surface area (TPSA) is 0 Å². The molecule has 0 atom stereocenters. The molecular weight excluding hydrogens is 757 g/mol. The second kappa shape index (κ2) is 46.8. The monoisotopic (exact) mass is 860 g/mol. The summed E-state index contributed by atoms with van der Waals surface area (Å²) in [6.07, 6.45) is 60.3. The van der Waals surface area contributed by atoms with Crippen LogP contribution in [0.25, 0.3) is 0 Å². The predicted octanol–water partition coefficient (Wildman–Crippen LogP) is 21.6. The lowest BCUT2D eigenvalue weighted by atomic mass is 10.0. The standard InChI is InChI=1S/C55H103S3/c1-5-8-11-14-17-20-23-26-29-32-35-38-41-44-47-56-53-50-52(4)51-54(57-48-45-42-39-36-33-30-27-24-21-18-15-12-9-6-2)55(53)58-49-46-43-40-37-34-31-28-25-22-19-16-13-10-7-3/h50-51H,4-49H2,1-3H3. The second-order valence-electron chi connectivity index (χ2n) is 18.3. The fourth-order valence-corrected chi connectivity index (χ4v) is 12.2. The zero-order chi connectivity index (χ0) is 41.7. The number of hydrogen-bond donors (Lipinski definition) is 0. The van der Waals surface area contributed by atoms with Crippen molar-refractivity contribution in [2.45, 2.75) is 305 Å². The quantitative estimate of drug-likeness (QED) is 0.0473. The normalized spacial score (nSPS) is 11.7. The first-order valence-corrected chi connectivity index (χ1v) is 29.6. The highest BCUT2D eigenvalue weighted by molar-refractivity contribution is 8.03. The molecule has 1 aromatic carbocycles. The summed E-state index contributed by atoms with van der Waals surface area (Å²) in [7, 11) is 0. The smallest absolute Gasteiger partial charge is 0.0344 e. The Morgan fingerprint density at radius 1 is 0.276 bits per heavy atom. The summed E-state index contributed by atoms with van der Waals surface area (Å²) in [5.41, 5.74) is 1.22. The summed E-state index contributed by atoms with van der Waals surface area (Å²) >= 11 is 6.45. The average molecular weight is 861 g/mol. The van der Waals surface area contributed by atoms with Crippen molar-refractivity contribution in [3.63, 3.8) is 0 Å². The van der Waals surface area contributed by atoms with Gasteiger partial charge in [0.2, 0.25) is 0 Å². The van der Waals surface area contributed by atoms with Gasteiger partial charge < -0.3 is 0 Å². The Morgan fingerprint density at radius 3 is 0.690 bits per heavy atom. The van der Waals surface area contributed by atoms with Crippen molar-refractivity contribution in [3.05, 3.63) is 24.6 Å². The van der Waals surface area contributed by atoms with Crippen molar-refractivity contribution >= 4 is 35.3 Å². The van der Waals surface area contributed by atoms with Crippen LogP contribution in [0.1, 0.15) is 296 Å². The van der Waals surface area contributed by atoms with Crippen molar-refractivity contribution < 1.29 is 0 Å². The van der Waals surface area contributed by atoms with Gasteiger partial charge in [-0.2, -0.15) is 0 Å². The third kappa shape index (κ3) is 38.0. The Hall–Kier alpha value is 0.270. The van der Waals surface area contributed by atoms with Gasteiger partial charge in [-0.1, -0.05) is 271 Å². The molecule has 0 aromatic heterocycles. The Balaban J connectivity index is 2.38. The van der Waals surface area contributed by atoms with Gasteiger partial charge in [0, 0.05) is 14.7 Å². The summed E-state index contributed by atoms with van der Waals surface area (Å²) in [4.78, 5) is 4.65. The molecule has 0 nitrogen and oxygen atoms in total. The Bertz CT molecular complexity index is 888. The molecule has 1 rings (SSSR count). The van der Waals surface area contributed by atoms with E-state index in [0.717, 1.165) is 0 Å². The van der Waals surface area contributed by atoms with Gasteiger partial charge in [0.15, 0.2) is 0 Å². The third-order valence-electron chi connectivity index (χ3n) is 12.3. The first kappa shape index (κ1) is 56.3. The third-order valence-corrected chi connectivity index (χ3v) is 16.1. The molecule has 0 aliphatic heterocycles. The van der Waals surface area contributed by atoms with Crippen LogP contribution in [0.5, 0.6) is 0 Å². The molecule has 0 heterocycles. The SMILES string of the molecule is [CH2]c1cc(SCCCCCCCCCCCCCCCC)c(SCCCCCCCCCCCCCCCC)c(SCCCCCCCCCCCCCCCC)c1. The average Bonchev–Trinajstić information content (AvgIpc) is 3.22. The molecule has 0 amide bonds. The van der Waals surface area contributed by atoms with Crippen LogP contribution < -0.4 is 0 Å². The van der Waals surface area contributed by atoms with Crippen LogP contribution in [0, 0.1) is 6.92 Å². The number of rotatable bonds is 48. The van der Waals surface area contributed by atoms with Gasteiger partial charge in [0.1, 0.15) is 0 Å².